The summed E-state index contributed by atoms with van der Waals surface area (Å²) in [6.07, 6.45) is 11.8. The van der Waals surface area contributed by atoms with Crippen LogP contribution in [0.25, 0.3) is 0 Å². The zero-order chi connectivity index (χ0) is 23.8. The Hall–Kier alpha value is -0.460. The van der Waals surface area contributed by atoms with Crippen LogP contribution >= 0.6 is 7.82 Å². The summed E-state index contributed by atoms with van der Waals surface area (Å²) < 4.78 is 21.3. The summed E-state index contributed by atoms with van der Waals surface area (Å²) in [4.78, 5) is 28.6. The Bertz CT molecular complexity index is 510. The number of ether oxygens (including phenoxy) is 1. The molecular formula is C23H47O7P. The Labute approximate surface area is 189 Å². The number of aliphatic carboxylic acids is 1. The maximum absolute atomic E-state index is 10.9. The molecule has 0 aliphatic rings. The second-order valence-electron chi connectivity index (χ2n) is 8.91. The molecule has 0 atom stereocenters. The Balaban J connectivity index is 4.04. The maximum atomic E-state index is 10.9. The largest absolute Gasteiger partial charge is 0.481 e. The van der Waals surface area contributed by atoms with Gasteiger partial charge in [-0.05, 0) is 49.4 Å². The van der Waals surface area contributed by atoms with E-state index in [4.69, 9.17) is 19.6 Å². The fourth-order valence-electron chi connectivity index (χ4n) is 4.43. The van der Waals surface area contributed by atoms with Gasteiger partial charge in [0.05, 0.1) is 6.61 Å². The van der Waals surface area contributed by atoms with Gasteiger partial charge in [0.15, 0.2) is 0 Å². The average molecular weight is 467 g/mol. The van der Waals surface area contributed by atoms with Crippen LogP contribution in [0.15, 0.2) is 0 Å². The van der Waals surface area contributed by atoms with E-state index in [1.807, 2.05) is 0 Å². The molecule has 0 bridgehead atoms. The lowest BCUT2D eigenvalue weighted by Gasteiger charge is -2.32. The molecular weight excluding hydrogens is 419 g/mol. The minimum atomic E-state index is -4.39. The average Bonchev–Trinajstić information content (AvgIpc) is 2.72. The summed E-state index contributed by atoms with van der Waals surface area (Å²) in [6.45, 7) is 10.1. The van der Waals surface area contributed by atoms with E-state index in [-0.39, 0.29) is 23.9 Å². The first-order valence-electron chi connectivity index (χ1n) is 12.1. The van der Waals surface area contributed by atoms with Crippen molar-refractivity contribution in [2.75, 3.05) is 19.8 Å². The van der Waals surface area contributed by atoms with Crippen molar-refractivity contribution in [3.8, 4) is 0 Å². The van der Waals surface area contributed by atoms with Crippen LogP contribution in [-0.4, -0.2) is 40.7 Å². The summed E-state index contributed by atoms with van der Waals surface area (Å²) in [5.74, 6) is -0.709. The number of carboxylic acid groups (broad SMARTS) is 1. The molecule has 186 valence electrons. The molecule has 0 radical (unpaired) electrons. The summed E-state index contributed by atoms with van der Waals surface area (Å²) in [5, 5.41) is 8.98. The molecule has 0 rings (SSSR count). The van der Waals surface area contributed by atoms with E-state index in [0.717, 1.165) is 83.8 Å². The summed E-state index contributed by atoms with van der Waals surface area (Å²) in [6, 6.07) is 0. The zero-order valence-electron chi connectivity index (χ0n) is 20.2. The predicted molar refractivity (Wildman–Crippen MR) is 124 cm³/mol. The predicted octanol–water partition coefficient (Wildman–Crippen LogP) is 6.32. The SMILES string of the molecule is CCC(CC)(CCCCOCCCCC(CC)(CC)CCC(=O)O)CCOP(=O)(O)O. The lowest BCUT2D eigenvalue weighted by molar-refractivity contribution is -0.137. The van der Waals surface area contributed by atoms with Crippen molar-refractivity contribution in [2.24, 2.45) is 10.8 Å². The Morgan fingerprint density at radius 2 is 1.19 bits per heavy atom. The third-order valence-electron chi connectivity index (χ3n) is 7.25. The highest BCUT2D eigenvalue weighted by Gasteiger charge is 2.27. The molecule has 3 N–H and O–H groups in total. The van der Waals surface area contributed by atoms with Crippen LogP contribution in [0.4, 0.5) is 0 Å². The zero-order valence-corrected chi connectivity index (χ0v) is 21.1. The fourth-order valence-corrected chi connectivity index (χ4v) is 4.76. The van der Waals surface area contributed by atoms with Crippen molar-refractivity contribution in [2.45, 2.75) is 111 Å². The van der Waals surface area contributed by atoms with Crippen LogP contribution < -0.4 is 0 Å². The van der Waals surface area contributed by atoms with E-state index in [0.29, 0.717) is 6.42 Å². The molecule has 0 spiro atoms. The molecule has 0 aromatic rings. The first kappa shape index (κ1) is 30.5. The molecule has 0 saturated carbocycles. The monoisotopic (exact) mass is 466 g/mol. The van der Waals surface area contributed by atoms with Gasteiger partial charge in [-0.15, -0.1) is 0 Å². The van der Waals surface area contributed by atoms with Gasteiger partial charge in [-0.1, -0.05) is 66.2 Å². The third kappa shape index (κ3) is 14.3. The number of carboxylic acids is 1. The number of phosphoric acid groups is 1. The standard InChI is InChI=1S/C23H47O7P/c1-5-22(6-2,16-13-21(24)25)14-9-11-18-29-19-12-10-15-23(7-3,8-4)17-20-30-31(26,27)28/h5-20H2,1-4H3,(H,24,25)(H2,26,27,28). The first-order valence-corrected chi connectivity index (χ1v) is 13.6. The second-order valence-corrected chi connectivity index (χ2v) is 10.1. The van der Waals surface area contributed by atoms with E-state index >= 15 is 0 Å². The normalized spacial score (nSPS) is 13.0. The molecule has 0 aromatic carbocycles. The Morgan fingerprint density at radius 3 is 1.58 bits per heavy atom. The maximum Gasteiger partial charge on any atom is 0.469 e. The van der Waals surface area contributed by atoms with Crippen LogP contribution in [-0.2, 0) is 18.6 Å². The molecule has 7 nitrogen and oxygen atoms in total. The molecule has 31 heavy (non-hydrogen) atoms. The topological polar surface area (TPSA) is 113 Å². The van der Waals surface area contributed by atoms with Gasteiger partial charge in [0.2, 0.25) is 0 Å². The number of unbranched alkanes of at least 4 members (excludes halogenated alkanes) is 2. The molecule has 0 saturated heterocycles. The van der Waals surface area contributed by atoms with Crippen LogP contribution in [0.5, 0.6) is 0 Å². The highest BCUT2D eigenvalue weighted by atomic mass is 31.2. The number of phosphoric ester groups is 1. The van der Waals surface area contributed by atoms with Crippen LogP contribution in [0, 0.1) is 10.8 Å². The van der Waals surface area contributed by atoms with E-state index in [1.165, 1.54) is 0 Å². The van der Waals surface area contributed by atoms with Gasteiger partial charge in [0, 0.05) is 19.6 Å². The lowest BCUT2D eigenvalue weighted by atomic mass is 9.74. The van der Waals surface area contributed by atoms with E-state index in [9.17, 15) is 9.36 Å². The van der Waals surface area contributed by atoms with E-state index in [1.54, 1.807) is 0 Å². The van der Waals surface area contributed by atoms with E-state index in [2.05, 4.69) is 32.2 Å². The Kier molecular flexibility index (Phi) is 16.0. The van der Waals surface area contributed by atoms with Crippen LogP contribution in [0.1, 0.15) is 111 Å². The number of rotatable bonds is 21. The third-order valence-corrected chi connectivity index (χ3v) is 7.77. The second kappa shape index (κ2) is 16.2. The smallest absolute Gasteiger partial charge is 0.469 e. The molecule has 0 unspecified atom stereocenters. The van der Waals surface area contributed by atoms with Crippen molar-refractivity contribution in [3.05, 3.63) is 0 Å². The van der Waals surface area contributed by atoms with Gasteiger partial charge >= 0.3 is 13.8 Å². The molecule has 0 aliphatic carbocycles. The number of hydrogen-bond donors (Lipinski definition) is 3. The van der Waals surface area contributed by atoms with Gasteiger partial charge in [-0.25, -0.2) is 4.57 Å². The van der Waals surface area contributed by atoms with Gasteiger partial charge in [0.1, 0.15) is 0 Å². The number of hydrogen-bond acceptors (Lipinski definition) is 4. The lowest BCUT2D eigenvalue weighted by Crippen LogP contribution is -2.21. The molecule has 0 heterocycles. The van der Waals surface area contributed by atoms with Crippen LogP contribution in [0.2, 0.25) is 0 Å². The highest BCUT2D eigenvalue weighted by molar-refractivity contribution is 7.46. The van der Waals surface area contributed by atoms with E-state index < -0.39 is 13.8 Å². The first-order chi connectivity index (χ1) is 14.6. The quantitative estimate of drug-likeness (QED) is 0.134. The van der Waals surface area contributed by atoms with Crippen molar-refractivity contribution < 1.29 is 33.5 Å². The van der Waals surface area contributed by atoms with Gasteiger partial charge in [-0.2, -0.15) is 0 Å². The number of carbonyl (C=O) groups is 1. The van der Waals surface area contributed by atoms with Gasteiger partial charge in [-0.3, -0.25) is 9.32 Å². The molecule has 0 aliphatic heterocycles. The highest BCUT2D eigenvalue weighted by Crippen LogP contribution is 2.41. The van der Waals surface area contributed by atoms with Gasteiger partial charge in [0.25, 0.3) is 0 Å². The van der Waals surface area contributed by atoms with Crippen molar-refractivity contribution in [1.82, 2.24) is 0 Å². The fraction of sp³-hybridized carbons (Fsp3) is 0.957. The summed E-state index contributed by atoms with van der Waals surface area (Å²) >= 11 is 0. The van der Waals surface area contributed by atoms with Gasteiger partial charge < -0.3 is 19.6 Å². The van der Waals surface area contributed by atoms with Crippen molar-refractivity contribution >= 4 is 13.8 Å². The van der Waals surface area contributed by atoms with Crippen molar-refractivity contribution in [1.29, 1.82) is 0 Å². The molecule has 8 heteroatoms. The Morgan fingerprint density at radius 1 is 0.742 bits per heavy atom. The summed E-state index contributed by atoms with van der Waals surface area (Å²) in [7, 11) is -4.39. The summed E-state index contributed by atoms with van der Waals surface area (Å²) in [5.41, 5.74) is 0.209. The molecule has 0 fully saturated rings. The van der Waals surface area contributed by atoms with Crippen molar-refractivity contribution in [3.63, 3.8) is 0 Å². The molecule has 0 aromatic heterocycles. The molecule has 0 amide bonds. The minimum Gasteiger partial charge on any atom is -0.481 e. The minimum absolute atomic E-state index is 0.0642. The van der Waals surface area contributed by atoms with Crippen LogP contribution in [0.3, 0.4) is 0 Å².